The van der Waals surface area contributed by atoms with Gasteiger partial charge in [0.25, 0.3) is 0 Å². The minimum atomic E-state index is -0.211. The number of rotatable bonds is 0. The summed E-state index contributed by atoms with van der Waals surface area (Å²) < 4.78 is 4.76. The van der Waals surface area contributed by atoms with E-state index in [1.54, 1.807) is 11.9 Å². The van der Waals surface area contributed by atoms with Gasteiger partial charge in [0.05, 0.1) is 6.54 Å². The molecule has 0 radical (unpaired) electrons. The first kappa shape index (κ1) is 9.27. The molecule has 1 aliphatic heterocycles. The second-order valence-corrected chi connectivity index (χ2v) is 2.07. The summed E-state index contributed by atoms with van der Waals surface area (Å²) in [5.74, 6) is 0. The van der Waals surface area contributed by atoms with Gasteiger partial charge < -0.3 is 9.64 Å². The zero-order valence-corrected chi connectivity index (χ0v) is 7.05. The molecule has 0 aromatic rings. The number of ether oxygens (including phenoxy) is 1. The van der Waals surface area contributed by atoms with Gasteiger partial charge in [-0.1, -0.05) is 13.8 Å². The maximum atomic E-state index is 10.5. The van der Waals surface area contributed by atoms with Gasteiger partial charge in [0.2, 0.25) is 0 Å². The maximum absolute atomic E-state index is 10.5. The van der Waals surface area contributed by atoms with Crippen LogP contribution in [0.5, 0.6) is 0 Å². The standard InChI is InChI=1S/C5H9NO2.C2H6/c1-4-3-6(2)5(7)8-4;1-2/h4H,3H2,1-2H3;1-2H3/t4-;/m0./s1. The average Bonchev–Trinajstić information content (AvgIpc) is 2.16. The summed E-state index contributed by atoms with van der Waals surface area (Å²) in [4.78, 5) is 12.0. The molecule has 0 aromatic heterocycles. The number of likely N-dealkylation sites (N-methyl/N-ethyl adjacent to an activating group) is 1. The Morgan fingerprint density at radius 3 is 2.20 bits per heavy atom. The van der Waals surface area contributed by atoms with E-state index in [1.165, 1.54) is 0 Å². The predicted molar refractivity (Wildman–Crippen MR) is 39.9 cm³/mol. The van der Waals surface area contributed by atoms with Crippen molar-refractivity contribution < 1.29 is 9.53 Å². The summed E-state index contributed by atoms with van der Waals surface area (Å²) in [7, 11) is 1.73. The van der Waals surface area contributed by atoms with Gasteiger partial charge in [0.1, 0.15) is 6.10 Å². The number of carbonyl (C=O) groups is 1. The molecule has 0 spiro atoms. The fourth-order valence-electron chi connectivity index (χ4n) is 0.760. The molecule has 1 rings (SSSR count). The highest BCUT2D eigenvalue weighted by Gasteiger charge is 2.23. The van der Waals surface area contributed by atoms with Crippen molar-refractivity contribution in [1.29, 1.82) is 0 Å². The van der Waals surface area contributed by atoms with Crippen molar-refractivity contribution in [3.8, 4) is 0 Å². The van der Waals surface area contributed by atoms with Gasteiger partial charge in [-0.2, -0.15) is 0 Å². The third-order valence-electron chi connectivity index (χ3n) is 1.14. The molecule has 0 unspecified atom stereocenters. The van der Waals surface area contributed by atoms with Crippen LogP contribution in [0, 0.1) is 0 Å². The van der Waals surface area contributed by atoms with Crippen molar-refractivity contribution in [3.63, 3.8) is 0 Å². The number of cyclic esters (lactones) is 1. The molecule has 3 heteroatoms. The highest BCUT2D eigenvalue weighted by Crippen LogP contribution is 2.06. The van der Waals surface area contributed by atoms with E-state index >= 15 is 0 Å². The first-order valence-electron chi connectivity index (χ1n) is 3.62. The predicted octanol–water partition coefficient (Wildman–Crippen LogP) is 1.48. The van der Waals surface area contributed by atoms with Gasteiger partial charge in [-0.25, -0.2) is 4.79 Å². The van der Waals surface area contributed by atoms with Gasteiger partial charge >= 0.3 is 6.09 Å². The third kappa shape index (κ3) is 2.25. The van der Waals surface area contributed by atoms with Crippen molar-refractivity contribution in [2.24, 2.45) is 0 Å². The molecule has 1 heterocycles. The number of hydrogen-bond donors (Lipinski definition) is 0. The average molecular weight is 145 g/mol. The summed E-state index contributed by atoms with van der Waals surface area (Å²) >= 11 is 0. The molecule has 0 aliphatic carbocycles. The fourth-order valence-corrected chi connectivity index (χ4v) is 0.760. The summed E-state index contributed by atoms with van der Waals surface area (Å²) in [6.45, 7) is 6.60. The Labute approximate surface area is 62.0 Å². The zero-order valence-electron chi connectivity index (χ0n) is 7.05. The van der Waals surface area contributed by atoms with Gasteiger partial charge in [-0.3, -0.25) is 0 Å². The van der Waals surface area contributed by atoms with Gasteiger partial charge in [-0.15, -0.1) is 0 Å². The monoisotopic (exact) mass is 145 g/mol. The van der Waals surface area contributed by atoms with E-state index in [0.717, 1.165) is 6.54 Å². The smallest absolute Gasteiger partial charge is 0.409 e. The van der Waals surface area contributed by atoms with Crippen molar-refractivity contribution in [3.05, 3.63) is 0 Å². The third-order valence-corrected chi connectivity index (χ3v) is 1.14. The highest BCUT2D eigenvalue weighted by atomic mass is 16.6. The Morgan fingerprint density at radius 1 is 1.60 bits per heavy atom. The number of amides is 1. The normalized spacial score (nSPS) is 23.4. The second kappa shape index (κ2) is 4.14. The Kier molecular flexibility index (Phi) is 3.84. The molecule has 0 N–H and O–H groups in total. The van der Waals surface area contributed by atoms with Crippen LogP contribution in [0.25, 0.3) is 0 Å². The first-order valence-corrected chi connectivity index (χ1v) is 3.62. The van der Waals surface area contributed by atoms with E-state index in [4.69, 9.17) is 4.74 Å². The van der Waals surface area contributed by atoms with E-state index in [1.807, 2.05) is 20.8 Å². The van der Waals surface area contributed by atoms with Crippen molar-refractivity contribution in [2.45, 2.75) is 26.9 Å². The van der Waals surface area contributed by atoms with Crippen molar-refractivity contribution >= 4 is 6.09 Å². The molecule has 1 amide bonds. The molecule has 1 aliphatic rings. The van der Waals surface area contributed by atoms with Gasteiger partial charge in [-0.05, 0) is 6.92 Å². The lowest BCUT2D eigenvalue weighted by Gasteiger charge is -1.99. The highest BCUT2D eigenvalue weighted by molar-refractivity contribution is 5.69. The van der Waals surface area contributed by atoms with Crippen molar-refractivity contribution in [1.82, 2.24) is 4.90 Å². The Bertz CT molecular complexity index is 114. The van der Waals surface area contributed by atoms with E-state index in [2.05, 4.69) is 0 Å². The topological polar surface area (TPSA) is 29.5 Å². The fraction of sp³-hybridized carbons (Fsp3) is 0.857. The molecule has 3 nitrogen and oxygen atoms in total. The lowest BCUT2D eigenvalue weighted by atomic mass is 10.4. The van der Waals surface area contributed by atoms with Crippen LogP contribution in [0.15, 0.2) is 0 Å². The molecule has 1 atom stereocenters. The largest absolute Gasteiger partial charge is 0.445 e. The van der Waals surface area contributed by atoms with Crippen molar-refractivity contribution in [2.75, 3.05) is 13.6 Å². The van der Waals surface area contributed by atoms with Crippen LogP contribution >= 0.6 is 0 Å². The molecule has 0 saturated carbocycles. The second-order valence-electron chi connectivity index (χ2n) is 2.07. The van der Waals surface area contributed by atoms with E-state index in [-0.39, 0.29) is 12.2 Å². The molecular formula is C7H15NO2. The molecule has 1 fully saturated rings. The molecule has 60 valence electrons. The molecule has 1 saturated heterocycles. The van der Waals surface area contributed by atoms with Gasteiger partial charge in [0.15, 0.2) is 0 Å². The lowest BCUT2D eigenvalue weighted by Crippen LogP contribution is -2.18. The minimum absolute atomic E-state index is 0.0764. The number of carbonyl (C=O) groups excluding carboxylic acids is 1. The van der Waals surface area contributed by atoms with Crippen LogP contribution in [0.2, 0.25) is 0 Å². The Balaban J connectivity index is 0.000000371. The van der Waals surface area contributed by atoms with Gasteiger partial charge in [0, 0.05) is 7.05 Å². The summed E-state index contributed by atoms with van der Waals surface area (Å²) in [5, 5.41) is 0. The van der Waals surface area contributed by atoms with Crippen LogP contribution in [-0.4, -0.2) is 30.7 Å². The van der Waals surface area contributed by atoms with E-state index in [9.17, 15) is 4.79 Å². The molecule has 0 bridgehead atoms. The minimum Gasteiger partial charge on any atom is -0.445 e. The van der Waals surface area contributed by atoms with E-state index in [0.29, 0.717) is 0 Å². The van der Waals surface area contributed by atoms with Crippen LogP contribution in [-0.2, 0) is 4.74 Å². The lowest BCUT2D eigenvalue weighted by molar-refractivity contribution is 0.141. The number of nitrogens with zero attached hydrogens (tertiary/aromatic N) is 1. The SMILES string of the molecule is CC.C[C@H]1CN(C)C(=O)O1. The summed E-state index contributed by atoms with van der Waals surface area (Å²) in [6, 6.07) is 0. The number of hydrogen-bond acceptors (Lipinski definition) is 2. The molecule has 0 aromatic carbocycles. The Morgan fingerprint density at radius 2 is 2.10 bits per heavy atom. The maximum Gasteiger partial charge on any atom is 0.409 e. The van der Waals surface area contributed by atoms with Crippen LogP contribution < -0.4 is 0 Å². The van der Waals surface area contributed by atoms with Crippen LogP contribution in [0.3, 0.4) is 0 Å². The zero-order chi connectivity index (χ0) is 8.15. The summed E-state index contributed by atoms with van der Waals surface area (Å²) in [6.07, 6.45) is -0.134. The van der Waals surface area contributed by atoms with Crippen LogP contribution in [0.4, 0.5) is 4.79 Å². The summed E-state index contributed by atoms with van der Waals surface area (Å²) in [5.41, 5.74) is 0. The first-order chi connectivity index (χ1) is 4.70. The quantitative estimate of drug-likeness (QED) is 0.516. The molecule has 10 heavy (non-hydrogen) atoms. The van der Waals surface area contributed by atoms with E-state index < -0.39 is 0 Å². The molecular weight excluding hydrogens is 130 g/mol. The Hall–Kier alpha value is -0.730. The van der Waals surface area contributed by atoms with Crippen LogP contribution in [0.1, 0.15) is 20.8 Å².